The number of anilines is 1. The fourth-order valence-electron chi connectivity index (χ4n) is 2.63. The maximum Gasteiger partial charge on any atom is 0.340 e. The highest BCUT2D eigenvalue weighted by Crippen LogP contribution is 2.38. The quantitative estimate of drug-likeness (QED) is 0.514. The molecule has 0 fully saturated rings. The molecular weight excluding hydrogens is 242 g/mol. The van der Waals surface area contributed by atoms with Crippen LogP contribution in [0.1, 0.15) is 27.9 Å². The van der Waals surface area contributed by atoms with Crippen molar-refractivity contribution in [3.05, 3.63) is 41.5 Å². The Bertz CT molecular complexity index is 577. The van der Waals surface area contributed by atoms with Crippen LogP contribution in [0.25, 0.3) is 0 Å². The van der Waals surface area contributed by atoms with Crippen LogP contribution in [0.2, 0.25) is 0 Å². The molecular formula is C15H17NO3. The van der Waals surface area contributed by atoms with Crippen molar-refractivity contribution >= 4 is 17.4 Å². The van der Waals surface area contributed by atoms with E-state index in [1.165, 1.54) is 7.11 Å². The van der Waals surface area contributed by atoms with Crippen LogP contribution < -0.4 is 5.32 Å². The lowest BCUT2D eigenvalue weighted by atomic mass is 9.88. The number of carbonyl (C=O) groups is 2. The van der Waals surface area contributed by atoms with E-state index in [-0.39, 0.29) is 12.2 Å². The van der Waals surface area contributed by atoms with Crippen molar-refractivity contribution in [2.45, 2.75) is 25.8 Å². The Morgan fingerprint density at radius 3 is 2.74 bits per heavy atom. The Morgan fingerprint density at radius 1 is 1.47 bits per heavy atom. The molecule has 1 N–H and O–H groups in total. The van der Waals surface area contributed by atoms with Gasteiger partial charge in [-0.3, -0.25) is 4.79 Å². The van der Waals surface area contributed by atoms with E-state index in [9.17, 15) is 9.59 Å². The summed E-state index contributed by atoms with van der Waals surface area (Å²) in [7, 11) is 1.28. The lowest BCUT2D eigenvalue weighted by Crippen LogP contribution is -2.49. The Balaban J connectivity index is 2.59. The zero-order chi connectivity index (χ0) is 14.2. The molecule has 19 heavy (non-hydrogen) atoms. The van der Waals surface area contributed by atoms with Gasteiger partial charge in [0, 0.05) is 17.7 Å². The fraction of sp³-hybridized carbons (Fsp3) is 0.333. The van der Waals surface area contributed by atoms with E-state index >= 15 is 0 Å². The van der Waals surface area contributed by atoms with Gasteiger partial charge in [-0.2, -0.15) is 0 Å². The van der Waals surface area contributed by atoms with E-state index in [2.05, 4.69) is 11.9 Å². The summed E-state index contributed by atoms with van der Waals surface area (Å²) in [5.74, 6) is -0.822. The standard InChI is InChI=1S/C15H17NO3/c1-5-6-15(14(18)19-4)13(17)12-10(3)7-9(2)8-11(12)16-15/h5,7-8,16H,1,6H2,2-4H3. The minimum Gasteiger partial charge on any atom is -0.467 e. The second kappa shape index (κ2) is 4.53. The highest BCUT2D eigenvalue weighted by atomic mass is 16.5. The Hall–Kier alpha value is -2.10. The number of Topliss-reactive ketones (excluding diaryl/α,β-unsaturated/α-hetero) is 1. The van der Waals surface area contributed by atoms with Crippen LogP contribution in [0.15, 0.2) is 24.8 Å². The number of hydrogen-bond donors (Lipinski definition) is 1. The number of benzene rings is 1. The summed E-state index contributed by atoms with van der Waals surface area (Å²) in [5, 5.41) is 3.04. The maximum absolute atomic E-state index is 12.6. The number of nitrogens with one attached hydrogen (secondary N) is 1. The zero-order valence-corrected chi connectivity index (χ0v) is 11.4. The van der Waals surface area contributed by atoms with E-state index in [1.54, 1.807) is 6.08 Å². The number of hydrogen-bond acceptors (Lipinski definition) is 4. The van der Waals surface area contributed by atoms with E-state index in [0.717, 1.165) is 11.1 Å². The second-order valence-corrected chi connectivity index (χ2v) is 4.85. The molecule has 1 atom stereocenters. The van der Waals surface area contributed by atoms with Gasteiger partial charge in [0.25, 0.3) is 0 Å². The van der Waals surface area contributed by atoms with Gasteiger partial charge in [-0.25, -0.2) is 4.79 Å². The number of rotatable bonds is 3. The molecule has 0 aromatic heterocycles. The monoisotopic (exact) mass is 259 g/mol. The second-order valence-electron chi connectivity index (χ2n) is 4.85. The van der Waals surface area contributed by atoms with Crippen molar-refractivity contribution in [1.82, 2.24) is 0 Å². The molecule has 0 amide bonds. The third-order valence-electron chi connectivity index (χ3n) is 3.43. The van der Waals surface area contributed by atoms with Gasteiger partial charge in [0.05, 0.1) is 7.11 Å². The van der Waals surface area contributed by atoms with Crippen LogP contribution in [0.5, 0.6) is 0 Å². The van der Waals surface area contributed by atoms with E-state index in [0.29, 0.717) is 11.3 Å². The molecule has 0 spiro atoms. The van der Waals surface area contributed by atoms with E-state index in [1.807, 2.05) is 26.0 Å². The molecule has 4 heteroatoms. The van der Waals surface area contributed by atoms with Crippen LogP contribution in [-0.2, 0) is 9.53 Å². The highest BCUT2D eigenvalue weighted by Gasteiger charge is 2.52. The first kappa shape index (κ1) is 13.3. The number of fused-ring (bicyclic) bond motifs is 1. The first-order valence-corrected chi connectivity index (χ1v) is 6.10. The summed E-state index contributed by atoms with van der Waals surface area (Å²) in [6, 6.07) is 3.80. The average molecular weight is 259 g/mol. The molecule has 1 aromatic rings. The van der Waals surface area contributed by atoms with Crippen LogP contribution in [0.3, 0.4) is 0 Å². The van der Waals surface area contributed by atoms with Gasteiger partial charge >= 0.3 is 5.97 Å². The third-order valence-corrected chi connectivity index (χ3v) is 3.43. The number of aryl methyl sites for hydroxylation is 2. The molecule has 4 nitrogen and oxygen atoms in total. The van der Waals surface area contributed by atoms with Gasteiger partial charge in [0.15, 0.2) is 0 Å². The zero-order valence-electron chi connectivity index (χ0n) is 11.4. The first-order valence-electron chi connectivity index (χ1n) is 6.10. The molecule has 1 aromatic carbocycles. The number of ether oxygens (including phenoxy) is 1. The summed E-state index contributed by atoms with van der Waals surface area (Å²) in [6.07, 6.45) is 1.75. The summed E-state index contributed by atoms with van der Waals surface area (Å²) < 4.78 is 4.79. The predicted octanol–water partition coefficient (Wildman–Crippen LogP) is 2.40. The smallest absolute Gasteiger partial charge is 0.340 e. The summed E-state index contributed by atoms with van der Waals surface area (Å²) in [5.41, 5.74) is 1.79. The summed E-state index contributed by atoms with van der Waals surface area (Å²) >= 11 is 0. The van der Waals surface area contributed by atoms with Gasteiger partial charge in [-0.15, -0.1) is 6.58 Å². The number of methoxy groups -OCH3 is 1. The normalized spacial score (nSPS) is 20.7. The molecule has 0 saturated carbocycles. The van der Waals surface area contributed by atoms with Gasteiger partial charge in [-0.1, -0.05) is 12.1 Å². The fourth-order valence-corrected chi connectivity index (χ4v) is 2.63. The van der Waals surface area contributed by atoms with E-state index < -0.39 is 11.5 Å². The predicted molar refractivity (Wildman–Crippen MR) is 73.4 cm³/mol. The Morgan fingerprint density at radius 2 is 2.16 bits per heavy atom. The van der Waals surface area contributed by atoms with Gasteiger partial charge in [-0.05, 0) is 31.0 Å². The van der Waals surface area contributed by atoms with Crippen LogP contribution in [0.4, 0.5) is 5.69 Å². The minimum absolute atomic E-state index is 0.200. The molecule has 0 radical (unpaired) electrons. The molecule has 1 unspecified atom stereocenters. The number of carbonyl (C=O) groups excluding carboxylic acids is 2. The van der Waals surface area contributed by atoms with Crippen molar-refractivity contribution < 1.29 is 14.3 Å². The molecule has 1 heterocycles. The molecule has 0 saturated heterocycles. The molecule has 100 valence electrons. The average Bonchev–Trinajstić information content (AvgIpc) is 2.63. The lowest BCUT2D eigenvalue weighted by molar-refractivity contribution is -0.143. The first-order chi connectivity index (χ1) is 8.96. The maximum atomic E-state index is 12.6. The van der Waals surface area contributed by atoms with Gasteiger partial charge in [0.2, 0.25) is 11.3 Å². The molecule has 1 aliphatic rings. The number of ketones is 1. The van der Waals surface area contributed by atoms with Crippen molar-refractivity contribution in [3.63, 3.8) is 0 Å². The SMILES string of the molecule is C=CCC1(C(=O)OC)Nc2cc(C)cc(C)c2C1=O. The van der Waals surface area contributed by atoms with Crippen LogP contribution in [-0.4, -0.2) is 24.4 Å². The van der Waals surface area contributed by atoms with Crippen molar-refractivity contribution in [1.29, 1.82) is 0 Å². The summed E-state index contributed by atoms with van der Waals surface area (Å²) in [6.45, 7) is 7.44. The topological polar surface area (TPSA) is 55.4 Å². The molecule has 1 aliphatic heterocycles. The van der Waals surface area contributed by atoms with Crippen molar-refractivity contribution in [2.24, 2.45) is 0 Å². The van der Waals surface area contributed by atoms with Gasteiger partial charge in [0.1, 0.15) is 0 Å². The minimum atomic E-state index is -1.36. The molecule has 0 bridgehead atoms. The lowest BCUT2D eigenvalue weighted by Gasteiger charge is -2.23. The van der Waals surface area contributed by atoms with E-state index in [4.69, 9.17) is 4.74 Å². The molecule has 2 rings (SSSR count). The van der Waals surface area contributed by atoms with Crippen molar-refractivity contribution in [3.8, 4) is 0 Å². The third kappa shape index (κ3) is 1.84. The van der Waals surface area contributed by atoms with Crippen molar-refractivity contribution in [2.75, 3.05) is 12.4 Å². The van der Waals surface area contributed by atoms with Gasteiger partial charge < -0.3 is 10.1 Å². The Kier molecular flexibility index (Phi) is 3.18. The highest BCUT2D eigenvalue weighted by molar-refractivity contribution is 6.25. The molecule has 0 aliphatic carbocycles. The number of esters is 1. The Labute approximate surface area is 112 Å². The van der Waals surface area contributed by atoms with Crippen LogP contribution >= 0.6 is 0 Å². The van der Waals surface area contributed by atoms with Crippen LogP contribution in [0, 0.1) is 13.8 Å². The largest absolute Gasteiger partial charge is 0.467 e. The summed E-state index contributed by atoms with van der Waals surface area (Å²) in [4.78, 5) is 24.7.